The van der Waals surface area contributed by atoms with Crippen LogP contribution in [-0.4, -0.2) is 12.5 Å². The number of furan rings is 1. The summed E-state index contributed by atoms with van der Waals surface area (Å²) in [7, 11) is 0. The van der Waals surface area contributed by atoms with E-state index in [1.807, 2.05) is 24.3 Å². The molecular formula is C11H12N2O2. The zero-order chi connectivity index (χ0) is 10.7. The van der Waals surface area contributed by atoms with Gasteiger partial charge in [-0.25, -0.2) is 0 Å². The van der Waals surface area contributed by atoms with E-state index in [1.54, 1.807) is 6.26 Å². The number of anilines is 1. The maximum atomic E-state index is 11.3. The Kier molecular flexibility index (Phi) is 2.69. The fraction of sp³-hybridized carbons (Fsp3) is 0.182. The molecule has 4 nitrogen and oxygen atoms in total. The molecule has 0 fully saturated rings. The molecule has 15 heavy (non-hydrogen) atoms. The van der Waals surface area contributed by atoms with Crippen LogP contribution >= 0.6 is 0 Å². The van der Waals surface area contributed by atoms with Crippen molar-refractivity contribution in [3.63, 3.8) is 0 Å². The maximum Gasteiger partial charge on any atom is 0.225 e. The van der Waals surface area contributed by atoms with Crippen molar-refractivity contribution >= 4 is 22.6 Å². The van der Waals surface area contributed by atoms with E-state index in [9.17, 15) is 4.79 Å². The predicted molar refractivity (Wildman–Crippen MR) is 58.5 cm³/mol. The molecule has 1 amide bonds. The number of nitrogens with one attached hydrogen (secondary N) is 1. The second-order valence-corrected chi connectivity index (χ2v) is 3.23. The third-order valence-corrected chi connectivity index (χ3v) is 2.13. The van der Waals surface area contributed by atoms with E-state index in [0.29, 0.717) is 18.7 Å². The molecule has 2 aromatic rings. The van der Waals surface area contributed by atoms with E-state index in [1.165, 1.54) is 0 Å². The molecule has 0 bridgehead atoms. The topological polar surface area (TPSA) is 68.3 Å². The number of amides is 1. The van der Waals surface area contributed by atoms with Gasteiger partial charge in [0.25, 0.3) is 0 Å². The molecule has 0 radical (unpaired) electrons. The Hall–Kier alpha value is -1.81. The van der Waals surface area contributed by atoms with Gasteiger partial charge in [0.05, 0.1) is 5.69 Å². The van der Waals surface area contributed by atoms with E-state index < -0.39 is 0 Å². The Labute approximate surface area is 87.1 Å². The number of hydrogen-bond donors (Lipinski definition) is 2. The quantitative estimate of drug-likeness (QED) is 0.799. The Morgan fingerprint density at radius 3 is 3.00 bits per heavy atom. The molecule has 3 N–H and O–H groups in total. The first-order chi connectivity index (χ1) is 7.31. The number of fused-ring (bicyclic) bond motifs is 1. The van der Waals surface area contributed by atoms with Crippen molar-refractivity contribution in [2.75, 3.05) is 11.9 Å². The van der Waals surface area contributed by atoms with Crippen LogP contribution in [-0.2, 0) is 4.79 Å². The zero-order valence-electron chi connectivity index (χ0n) is 8.19. The van der Waals surface area contributed by atoms with Gasteiger partial charge in [-0.2, -0.15) is 0 Å². The van der Waals surface area contributed by atoms with Gasteiger partial charge in [-0.1, -0.05) is 12.1 Å². The minimum atomic E-state index is -0.0935. The standard InChI is InChI=1S/C11H12N2O2/c12-6-5-11(14)13-9-7-15-10-4-2-1-3-8(9)10/h1-4,7H,5-6,12H2,(H,13,14). The third kappa shape index (κ3) is 1.99. The largest absolute Gasteiger partial charge is 0.462 e. The molecule has 0 spiro atoms. The average Bonchev–Trinajstić information content (AvgIpc) is 2.62. The molecular weight excluding hydrogens is 192 g/mol. The third-order valence-electron chi connectivity index (χ3n) is 2.13. The Balaban J connectivity index is 2.25. The van der Waals surface area contributed by atoms with Crippen LogP contribution in [0.4, 0.5) is 5.69 Å². The van der Waals surface area contributed by atoms with Crippen LogP contribution in [0.1, 0.15) is 6.42 Å². The van der Waals surface area contributed by atoms with E-state index >= 15 is 0 Å². The normalized spacial score (nSPS) is 10.5. The summed E-state index contributed by atoms with van der Waals surface area (Å²) in [6.45, 7) is 0.349. The Bertz CT molecular complexity index is 476. The number of rotatable bonds is 3. The molecule has 0 saturated carbocycles. The van der Waals surface area contributed by atoms with Crippen molar-refractivity contribution in [1.29, 1.82) is 0 Å². The molecule has 0 saturated heterocycles. The summed E-state index contributed by atoms with van der Waals surface area (Å²) in [4.78, 5) is 11.3. The number of carbonyl (C=O) groups excluding carboxylic acids is 1. The highest BCUT2D eigenvalue weighted by Gasteiger charge is 2.07. The summed E-state index contributed by atoms with van der Waals surface area (Å²) in [6, 6.07) is 7.54. The lowest BCUT2D eigenvalue weighted by atomic mass is 10.2. The zero-order valence-corrected chi connectivity index (χ0v) is 8.19. The monoisotopic (exact) mass is 204 g/mol. The van der Waals surface area contributed by atoms with Crippen molar-refractivity contribution in [3.8, 4) is 0 Å². The highest BCUT2D eigenvalue weighted by molar-refractivity contribution is 6.00. The maximum absolute atomic E-state index is 11.3. The van der Waals surface area contributed by atoms with Gasteiger partial charge in [-0.05, 0) is 12.1 Å². The number of carbonyl (C=O) groups is 1. The molecule has 0 aliphatic carbocycles. The molecule has 0 aliphatic heterocycles. The highest BCUT2D eigenvalue weighted by atomic mass is 16.3. The second-order valence-electron chi connectivity index (χ2n) is 3.23. The van der Waals surface area contributed by atoms with Crippen molar-refractivity contribution < 1.29 is 9.21 Å². The SMILES string of the molecule is NCCC(=O)Nc1coc2ccccc12. The molecule has 1 aromatic carbocycles. The van der Waals surface area contributed by atoms with Crippen molar-refractivity contribution in [1.82, 2.24) is 0 Å². The fourth-order valence-corrected chi connectivity index (χ4v) is 1.42. The van der Waals surface area contributed by atoms with Crippen LogP contribution in [0, 0.1) is 0 Å². The number of benzene rings is 1. The molecule has 2 rings (SSSR count). The first kappa shape index (κ1) is 9.73. The summed E-state index contributed by atoms with van der Waals surface area (Å²) >= 11 is 0. The molecule has 0 unspecified atom stereocenters. The fourth-order valence-electron chi connectivity index (χ4n) is 1.42. The molecule has 1 heterocycles. The number of nitrogens with two attached hydrogens (primary N) is 1. The first-order valence-electron chi connectivity index (χ1n) is 4.77. The van der Waals surface area contributed by atoms with Gasteiger partial charge in [-0.3, -0.25) is 4.79 Å². The van der Waals surface area contributed by atoms with Crippen LogP contribution in [0.3, 0.4) is 0 Å². The van der Waals surface area contributed by atoms with Crippen LogP contribution in [0.25, 0.3) is 11.0 Å². The smallest absolute Gasteiger partial charge is 0.225 e. The minimum Gasteiger partial charge on any atom is -0.462 e. The summed E-state index contributed by atoms with van der Waals surface area (Å²) in [5.74, 6) is -0.0935. The average molecular weight is 204 g/mol. The molecule has 0 atom stereocenters. The summed E-state index contributed by atoms with van der Waals surface area (Å²) in [6.07, 6.45) is 1.86. The van der Waals surface area contributed by atoms with Gasteiger partial charge < -0.3 is 15.5 Å². The van der Waals surface area contributed by atoms with Crippen molar-refractivity contribution in [3.05, 3.63) is 30.5 Å². The van der Waals surface area contributed by atoms with Crippen molar-refractivity contribution in [2.45, 2.75) is 6.42 Å². The van der Waals surface area contributed by atoms with Crippen molar-refractivity contribution in [2.24, 2.45) is 5.73 Å². The summed E-state index contributed by atoms with van der Waals surface area (Å²) < 4.78 is 5.28. The number of para-hydroxylation sites is 1. The first-order valence-corrected chi connectivity index (χ1v) is 4.77. The lowest BCUT2D eigenvalue weighted by Crippen LogP contribution is -2.15. The predicted octanol–water partition coefficient (Wildman–Crippen LogP) is 1.72. The van der Waals surface area contributed by atoms with Gasteiger partial charge in [0.15, 0.2) is 0 Å². The van der Waals surface area contributed by atoms with E-state index in [4.69, 9.17) is 10.2 Å². The van der Waals surface area contributed by atoms with Gasteiger partial charge in [0.2, 0.25) is 5.91 Å². The summed E-state index contributed by atoms with van der Waals surface area (Å²) in [5, 5.41) is 3.66. The van der Waals surface area contributed by atoms with Gasteiger partial charge in [-0.15, -0.1) is 0 Å². The van der Waals surface area contributed by atoms with Crippen LogP contribution < -0.4 is 11.1 Å². The van der Waals surface area contributed by atoms with E-state index in [-0.39, 0.29) is 5.91 Å². The van der Waals surface area contributed by atoms with E-state index in [0.717, 1.165) is 11.0 Å². The summed E-state index contributed by atoms with van der Waals surface area (Å²) in [5.41, 5.74) is 6.75. The Morgan fingerprint density at radius 1 is 1.40 bits per heavy atom. The molecule has 1 aromatic heterocycles. The lowest BCUT2D eigenvalue weighted by molar-refractivity contribution is -0.116. The Morgan fingerprint density at radius 2 is 2.20 bits per heavy atom. The van der Waals surface area contributed by atoms with Crippen LogP contribution in [0.5, 0.6) is 0 Å². The highest BCUT2D eigenvalue weighted by Crippen LogP contribution is 2.25. The van der Waals surface area contributed by atoms with Crippen LogP contribution in [0.15, 0.2) is 34.9 Å². The van der Waals surface area contributed by atoms with Crippen LogP contribution in [0.2, 0.25) is 0 Å². The lowest BCUT2D eigenvalue weighted by Gasteiger charge is -2.00. The molecule has 78 valence electrons. The van der Waals surface area contributed by atoms with E-state index in [2.05, 4.69) is 5.32 Å². The number of hydrogen-bond acceptors (Lipinski definition) is 3. The van der Waals surface area contributed by atoms with Gasteiger partial charge in [0, 0.05) is 18.4 Å². The molecule has 0 aliphatic rings. The van der Waals surface area contributed by atoms with Gasteiger partial charge >= 0.3 is 0 Å². The van der Waals surface area contributed by atoms with Gasteiger partial charge in [0.1, 0.15) is 11.8 Å². The molecule has 4 heteroatoms. The second kappa shape index (κ2) is 4.14. The minimum absolute atomic E-state index is 0.0935.